The van der Waals surface area contributed by atoms with Gasteiger partial charge in [0.05, 0.1) is 0 Å². The Kier molecular flexibility index (Phi) is 5.34. The van der Waals surface area contributed by atoms with Gasteiger partial charge in [-0.05, 0) is 12.0 Å². The summed E-state index contributed by atoms with van der Waals surface area (Å²) in [5, 5.41) is 13.6. The second-order valence-corrected chi connectivity index (χ2v) is 2.08. The standard InChI is InChI=1S/C8H10.HNO3/c1-2-8-6-4-3-5-7-8;2-1(3)4/h3-7H,2H2,1H3;(H,2,3,4). The van der Waals surface area contributed by atoms with Crippen LogP contribution in [-0.2, 0) is 6.42 Å². The van der Waals surface area contributed by atoms with Crippen molar-refractivity contribution in [2.75, 3.05) is 0 Å². The first-order valence-corrected chi connectivity index (χ1v) is 3.54. The van der Waals surface area contributed by atoms with Crippen LogP contribution in [0.3, 0.4) is 0 Å². The molecule has 4 heteroatoms. The summed E-state index contributed by atoms with van der Waals surface area (Å²) in [7, 11) is 0. The highest BCUT2D eigenvalue weighted by molar-refractivity contribution is 5.13. The van der Waals surface area contributed by atoms with Crippen LogP contribution in [0.1, 0.15) is 12.5 Å². The van der Waals surface area contributed by atoms with Crippen LogP contribution in [0.5, 0.6) is 0 Å². The van der Waals surface area contributed by atoms with Gasteiger partial charge in [0.15, 0.2) is 0 Å². The molecule has 0 unspecified atom stereocenters. The van der Waals surface area contributed by atoms with Gasteiger partial charge in [0.25, 0.3) is 5.09 Å². The molecule has 1 N–H and O–H groups in total. The van der Waals surface area contributed by atoms with Crippen molar-refractivity contribution in [2.45, 2.75) is 13.3 Å². The third kappa shape index (κ3) is 6.54. The number of nitrogens with zero attached hydrogens (tertiary/aromatic N) is 1. The van der Waals surface area contributed by atoms with Crippen LogP contribution >= 0.6 is 0 Å². The third-order valence-corrected chi connectivity index (χ3v) is 1.25. The first-order valence-electron chi connectivity index (χ1n) is 3.54. The van der Waals surface area contributed by atoms with Crippen LogP contribution in [0.25, 0.3) is 0 Å². The maximum Gasteiger partial charge on any atom is 0.291 e. The smallest absolute Gasteiger partial charge is 0.291 e. The molecule has 0 aliphatic rings. The molecule has 0 bridgehead atoms. The zero-order valence-corrected chi connectivity index (χ0v) is 6.80. The van der Waals surface area contributed by atoms with Crippen molar-refractivity contribution in [1.82, 2.24) is 0 Å². The SMILES string of the molecule is CCc1ccccc1.O=[N+]([O-])O. The molecule has 0 saturated carbocycles. The third-order valence-electron chi connectivity index (χ3n) is 1.25. The molecular weight excluding hydrogens is 158 g/mol. The summed E-state index contributed by atoms with van der Waals surface area (Å²) >= 11 is 0. The van der Waals surface area contributed by atoms with E-state index >= 15 is 0 Å². The van der Waals surface area contributed by atoms with Crippen molar-refractivity contribution in [1.29, 1.82) is 0 Å². The Labute approximate surface area is 70.6 Å². The molecule has 12 heavy (non-hydrogen) atoms. The first kappa shape index (κ1) is 10.4. The van der Waals surface area contributed by atoms with Gasteiger partial charge in [-0.1, -0.05) is 37.3 Å². The summed E-state index contributed by atoms with van der Waals surface area (Å²) in [4.78, 5) is 8.36. The minimum atomic E-state index is -1.50. The van der Waals surface area contributed by atoms with Crippen LogP contribution in [0.2, 0.25) is 0 Å². The van der Waals surface area contributed by atoms with Crippen LogP contribution < -0.4 is 0 Å². The van der Waals surface area contributed by atoms with E-state index in [2.05, 4.69) is 31.2 Å². The Balaban J connectivity index is 0.000000261. The molecule has 0 amide bonds. The van der Waals surface area contributed by atoms with Crippen LogP contribution in [0, 0.1) is 10.1 Å². The van der Waals surface area contributed by atoms with Gasteiger partial charge in [-0.3, -0.25) is 0 Å². The van der Waals surface area contributed by atoms with Gasteiger partial charge < -0.3 is 5.21 Å². The van der Waals surface area contributed by atoms with Crippen molar-refractivity contribution in [2.24, 2.45) is 0 Å². The minimum absolute atomic E-state index is 1.14. The summed E-state index contributed by atoms with van der Waals surface area (Å²) in [6.45, 7) is 2.16. The van der Waals surface area contributed by atoms with Crippen molar-refractivity contribution in [3.05, 3.63) is 46.0 Å². The number of hydrogen-bond donors (Lipinski definition) is 1. The lowest BCUT2D eigenvalue weighted by Crippen LogP contribution is -1.81. The van der Waals surface area contributed by atoms with E-state index in [0.29, 0.717) is 0 Å². The average molecular weight is 169 g/mol. The summed E-state index contributed by atoms with van der Waals surface area (Å²) < 4.78 is 0. The molecule has 1 aromatic rings. The maximum absolute atomic E-state index is 8.36. The fraction of sp³-hybridized carbons (Fsp3) is 0.250. The van der Waals surface area contributed by atoms with Crippen LogP contribution in [-0.4, -0.2) is 10.3 Å². The number of benzene rings is 1. The molecule has 0 aliphatic heterocycles. The summed E-state index contributed by atoms with van der Waals surface area (Å²) in [6.07, 6.45) is 1.14. The van der Waals surface area contributed by atoms with Crippen LogP contribution in [0.15, 0.2) is 30.3 Å². The molecule has 0 heterocycles. The van der Waals surface area contributed by atoms with E-state index in [0.717, 1.165) is 6.42 Å². The van der Waals surface area contributed by atoms with E-state index in [1.54, 1.807) is 0 Å². The lowest BCUT2D eigenvalue weighted by molar-refractivity contribution is -0.742. The molecular formula is C8H11NO3. The molecule has 0 aromatic heterocycles. The molecule has 4 nitrogen and oxygen atoms in total. The Morgan fingerprint density at radius 1 is 1.42 bits per heavy atom. The van der Waals surface area contributed by atoms with E-state index in [1.807, 2.05) is 6.07 Å². The van der Waals surface area contributed by atoms with E-state index in [-0.39, 0.29) is 0 Å². The highest BCUT2D eigenvalue weighted by atomic mass is 16.9. The van der Waals surface area contributed by atoms with E-state index in [4.69, 9.17) is 15.3 Å². The normalized spacial score (nSPS) is 8.08. The fourth-order valence-corrected chi connectivity index (χ4v) is 0.714. The monoisotopic (exact) mass is 169 g/mol. The van der Waals surface area contributed by atoms with Gasteiger partial charge >= 0.3 is 0 Å². The minimum Gasteiger partial charge on any atom is -0.328 e. The predicted octanol–water partition coefficient (Wildman–Crippen LogP) is 1.90. The summed E-state index contributed by atoms with van der Waals surface area (Å²) in [5.41, 5.74) is 1.41. The average Bonchev–Trinajstić information content (AvgIpc) is 2.05. The Hall–Kier alpha value is -1.58. The Morgan fingerprint density at radius 3 is 2.08 bits per heavy atom. The maximum atomic E-state index is 8.36. The Morgan fingerprint density at radius 2 is 1.83 bits per heavy atom. The summed E-state index contributed by atoms with van der Waals surface area (Å²) in [6, 6.07) is 10.5. The molecule has 0 radical (unpaired) electrons. The van der Waals surface area contributed by atoms with Gasteiger partial charge in [0.1, 0.15) is 0 Å². The molecule has 0 fully saturated rings. The van der Waals surface area contributed by atoms with Crippen LogP contribution in [0.4, 0.5) is 0 Å². The highest BCUT2D eigenvalue weighted by Gasteiger charge is 1.79. The molecule has 1 rings (SSSR count). The van der Waals surface area contributed by atoms with Gasteiger partial charge in [0.2, 0.25) is 0 Å². The zero-order valence-electron chi connectivity index (χ0n) is 6.80. The lowest BCUT2D eigenvalue weighted by atomic mass is 10.2. The molecule has 1 aromatic carbocycles. The van der Waals surface area contributed by atoms with E-state index in [1.165, 1.54) is 5.56 Å². The number of hydrogen-bond acceptors (Lipinski definition) is 2. The van der Waals surface area contributed by atoms with Crippen molar-refractivity contribution in [3.8, 4) is 0 Å². The number of aryl methyl sites for hydroxylation is 1. The van der Waals surface area contributed by atoms with E-state index < -0.39 is 5.09 Å². The van der Waals surface area contributed by atoms with E-state index in [9.17, 15) is 0 Å². The van der Waals surface area contributed by atoms with Gasteiger partial charge in [-0.25, -0.2) is 0 Å². The lowest BCUT2D eigenvalue weighted by Gasteiger charge is -1.89. The largest absolute Gasteiger partial charge is 0.328 e. The predicted molar refractivity (Wildman–Crippen MR) is 44.6 cm³/mol. The second kappa shape index (κ2) is 6.15. The molecule has 0 aliphatic carbocycles. The summed E-state index contributed by atoms with van der Waals surface area (Å²) in [5.74, 6) is 0. The molecule has 0 spiro atoms. The topological polar surface area (TPSA) is 63.4 Å². The number of rotatable bonds is 1. The highest BCUT2D eigenvalue weighted by Crippen LogP contribution is 1.96. The Bertz CT molecular complexity index is 219. The quantitative estimate of drug-likeness (QED) is 0.515. The van der Waals surface area contributed by atoms with Gasteiger partial charge in [-0.2, -0.15) is 0 Å². The first-order chi connectivity index (χ1) is 5.66. The van der Waals surface area contributed by atoms with Gasteiger partial charge in [0, 0.05) is 0 Å². The second-order valence-electron chi connectivity index (χ2n) is 2.08. The molecule has 66 valence electrons. The van der Waals surface area contributed by atoms with Crippen molar-refractivity contribution in [3.63, 3.8) is 0 Å². The van der Waals surface area contributed by atoms with Gasteiger partial charge in [-0.15, -0.1) is 10.1 Å². The zero-order chi connectivity index (χ0) is 9.40. The molecule has 0 saturated heterocycles. The van der Waals surface area contributed by atoms with Crippen molar-refractivity contribution >= 4 is 0 Å². The van der Waals surface area contributed by atoms with Crippen molar-refractivity contribution < 1.29 is 10.3 Å². The fourth-order valence-electron chi connectivity index (χ4n) is 0.714. The molecule has 0 atom stereocenters.